The quantitative estimate of drug-likeness (QED) is 0.667. The van der Waals surface area contributed by atoms with E-state index in [9.17, 15) is 9.59 Å². The summed E-state index contributed by atoms with van der Waals surface area (Å²) in [5.74, 6) is 0.108. The van der Waals surface area contributed by atoms with Crippen molar-refractivity contribution in [2.45, 2.75) is 18.4 Å². The molecule has 0 saturated heterocycles. The number of hydrogen-bond donors (Lipinski definition) is 1. The molecule has 7 nitrogen and oxygen atoms in total. The Morgan fingerprint density at radius 2 is 1.93 bits per heavy atom. The second-order valence-corrected chi connectivity index (χ2v) is 7.77. The van der Waals surface area contributed by atoms with Crippen LogP contribution in [0.15, 0.2) is 29.6 Å². The summed E-state index contributed by atoms with van der Waals surface area (Å²) in [7, 11) is 6.43. The molecule has 1 aliphatic heterocycles. The normalized spacial score (nSPS) is 18.3. The summed E-state index contributed by atoms with van der Waals surface area (Å²) in [4.78, 5) is 29.0. The highest BCUT2D eigenvalue weighted by Crippen LogP contribution is 2.46. The summed E-state index contributed by atoms with van der Waals surface area (Å²) < 4.78 is 15.9. The zero-order valence-electron chi connectivity index (χ0n) is 17.1. The molecule has 0 radical (unpaired) electrons. The largest absolute Gasteiger partial charge is 0.493 e. The molecule has 0 saturated carbocycles. The van der Waals surface area contributed by atoms with Crippen molar-refractivity contribution in [3.05, 3.63) is 45.6 Å². The predicted octanol–water partition coefficient (Wildman–Crippen LogP) is 2.83. The van der Waals surface area contributed by atoms with Crippen LogP contribution in [0.2, 0.25) is 0 Å². The number of nitrogens with zero attached hydrogens (tertiary/aromatic N) is 1. The first kappa shape index (κ1) is 21.1. The fraction of sp³-hybridized carbons (Fsp3) is 0.429. The molecule has 2 heterocycles. The fourth-order valence-corrected chi connectivity index (χ4v) is 4.59. The van der Waals surface area contributed by atoms with Crippen LogP contribution in [0.25, 0.3) is 0 Å². The van der Waals surface area contributed by atoms with E-state index in [0.717, 1.165) is 4.88 Å². The Kier molecular flexibility index (Phi) is 6.76. The molecular formula is C21H26N2O5S. The Labute approximate surface area is 174 Å². The second kappa shape index (κ2) is 9.28. The number of nitrogens with one attached hydrogen (secondary N) is 1. The highest BCUT2D eigenvalue weighted by molar-refractivity contribution is 7.10. The molecule has 0 spiro atoms. The molecule has 3 rings (SSSR count). The zero-order chi connectivity index (χ0) is 21.0. The minimum atomic E-state index is -0.561. The number of methoxy groups -OCH3 is 3. The molecule has 8 heteroatoms. The lowest BCUT2D eigenvalue weighted by atomic mass is 9.81. The number of rotatable bonds is 8. The molecule has 0 bridgehead atoms. The van der Waals surface area contributed by atoms with E-state index in [2.05, 4.69) is 5.32 Å². The van der Waals surface area contributed by atoms with Crippen LogP contribution in [0.4, 0.5) is 0 Å². The van der Waals surface area contributed by atoms with Crippen molar-refractivity contribution < 1.29 is 23.8 Å². The Hall–Kier alpha value is -2.58. The molecule has 1 aromatic carbocycles. The van der Waals surface area contributed by atoms with Gasteiger partial charge < -0.3 is 24.4 Å². The van der Waals surface area contributed by atoms with Crippen molar-refractivity contribution in [3.63, 3.8) is 0 Å². The monoisotopic (exact) mass is 418 g/mol. The lowest BCUT2D eigenvalue weighted by Crippen LogP contribution is -2.45. The lowest BCUT2D eigenvalue weighted by molar-refractivity contribution is -0.124. The van der Waals surface area contributed by atoms with E-state index >= 15 is 0 Å². The number of carbonyl (C=O) groups is 2. The Morgan fingerprint density at radius 1 is 1.21 bits per heavy atom. The van der Waals surface area contributed by atoms with Crippen molar-refractivity contribution in [1.82, 2.24) is 10.2 Å². The van der Waals surface area contributed by atoms with Gasteiger partial charge in [0.05, 0.1) is 26.2 Å². The third-order valence-electron chi connectivity index (χ3n) is 5.12. The van der Waals surface area contributed by atoms with Crippen LogP contribution in [-0.2, 0) is 9.53 Å². The SMILES string of the molecule is COCCCNC(=O)C1c2cc(OC)c(OC)cc2C(=O)N(C)C1c1cccs1. The summed E-state index contributed by atoms with van der Waals surface area (Å²) in [6, 6.07) is 6.89. The average Bonchev–Trinajstić information content (AvgIpc) is 3.26. The fourth-order valence-electron chi connectivity index (χ4n) is 3.68. The first-order valence-corrected chi connectivity index (χ1v) is 10.2. The van der Waals surface area contributed by atoms with Crippen molar-refractivity contribution in [1.29, 1.82) is 0 Å². The summed E-state index contributed by atoms with van der Waals surface area (Å²) in [6.07, 6.45) is 0.714. The minimum absolute atomic E-state index is 0.132. The number of thiophene rings is 1. The van der Waals surface area contributed by atoms with Crippen LogP contribution in [0.1, 0.15) is 39.2 Å². The van der Waals surface area contributed by atoms with Gasteiger partial charge in [-0.25, -0.2) is 0 Å². The van der Waals surface area contributed by atoms with Crippen LogP contribution in [-0.4, -0.2) is 58.2 Å². The minimum Gasteiger partial charge on any atom is -0.493 e. The van der Waals surface area contributed by atoms with Gasteiger partial charge in [0.15, 0.2) is 11.5 Å². The Bertz CT molecular complexity index is 868. The van der Waals surface area contributed by atoms with Crippen molar-refractivity contribution in [3.8, 4) is 11.5 Å². The number of amides is 2. The highest BCUT2D eigenvalue weighted by Gasteiger charge is 2.43. The third-order valence-corrected chi connectivity index (χ3v) is 6.06. The maximum atomic E-state index is 13.3. The summed E-state index contributed by atoms with van der Waals surface area (Å²) in [5.41, 5.74) is 1.10. The zero-order valence-corrected chi connectivity index (χ0v) is 17.9. The molecular weight excluding hydrogens is 392 g/mol. The Morgan fingerprint density at radius 3 is 2.55 bits per heavy atom. The highest BCUT2D eigenvalue weighted by atomic mass is 32.1. The summed E-state index contributed by atoms with van der Waals surface area (Å²) >= 11 is 1.53. The number of fused-ring (bicyclic) bond motifs is 1. The van der Waals surface area contributed by atoms with Crippen molar-refractivity contribution >= 4 is 23.2 Å². The van der Waals surface area contributed by atoms with Gasteiger partial charge in [0.2, 0.25) is 5.91 Å². The topological polar surface area (TPSA) is 77.1 Å². The van der Waals surface area contributed by atoms with Gasteiger partial charge in [-0.15, -0.1) is 11.3 Å². The van der Waals surface area contributed by atoms with Gasteiger partial charge in [0.1, 0.15) is 0 Å². The molecule has 2 unspecified atom stereocenters. The second-order valence-electron chi connectivity index (χ2n) is 6.79. The summed E-state index contributed by atoms with van der Waals surface area (Å²) in [5, 5.41) is 4.95. The number of ether oxygens (including phenoxy) is 3. The Balaban J connectivity index is 2.07. The number of hydrogen-bond acceptors (Lipinski definition) is 6. The number of likely N-dealkylation sites (N-methyl/N-ethyl adjacent to an activating group) is 1. The third kappa shape index (κ3) is 4.09. The lowest BCUT2D eigenvalue weighted by Gasteiger charge is -2.39. The van der Waals surface area contributed by atoms with E-state index in [4.69, 9.17) is 14.2 Å². The van der Waals surface area contributed by atoms with E-state index in [1.54, 1.807) is 31.2 Å². The van der Waals surface area contributed by atoms with E-state index in [0.29, 0.717) is 42.2 Å². The molecule has 2 aromatic rings. The van der Waals surface area contributed by atoms with Crippen molar-refractivity contribution in [2.24, 2.45) is 0 Å². The molecule has 29 heavy (non-hydrogen) atoms. The van der Waals surface area contributed by atoms with Crippen LogP contribution < -0.4 is 14.8 Å². The predicted molar refractivity (Wildman–Crippen MR) is 111 cm³/mol. The summed E-state index contributed by atoms with van der Waals surface area (Å²) in [6.45, 7) is 1.07. The molecule has 1 N–H and O–H groups in total. The molecule has 1 aromatic heterocycles. The van der Waals surface area contributed by atoms with Crippen LogP contribution >= 0.6 is 11.3 Å². The van der Waals surface area contributed by atoms with E-state index in [1.807, 2.05) is 17.5 Å². The van der Waals surface area contributed by atoms with Gasteiger partial charge >= 0.3 is 0 Å². The number of benzene rings is 1. The van der Waals surface area contributed by atoms with Crippen molar-refractivity contribution in [2.75, 3.05) is 41.5 Å². The van der Waals surface area contributed by atoms with Crippen LogP contribution in [0.5, 0.6) is 11.5 Å². The molecule has 0 aliphatic carbocycles. The molecule has 2 amide bonds. The molecule has 1 aliphatic rings. The van der Waals surface area contributed by atoms with Gasteiger partial charge in [-0.3, -0.25) is 9.59 Å². The average molecular weight is 419 g/mol. The standard InChI is InChI=1S/C21H26N2O5S/c1-23-19(17-7-5-10-29-17)18(20(24)22-8-6-9-26-2)13-11-15(27-3)16(28-4)12-14(13)21(23)25/h5,7,10-12,18-19H,6,8-9H2,1-4H3,(H,22,24). The van der Waals surface area contributed by atoms with Crippen LogP contribution in [0.3, 0.4) is 0 Å². The number of carbonyl (C=O) groups excluding carboxylic acids is 2. The van der Waals surface area contributed by atoms with E-state index in [-0.39, 0.29) is 11.8 Å². The van der Waals surface area contributed by atoms with Gasteiger partial charge in [-0.1, -0.05) is 6.07 Å². The maximum absolute atomic E-state index is 13.3. The first-order chi connectivity index (χ1) is 14.0. The molecule has 156 valence electrons. The first-order valence-electron chi connectivity index (χ1n) is 9.36. The van der Waals surface area contributed by atoms with Gasteiger partial charge in [0, 0.05) is 37.7 Å². The van der Waals surface area contributed by atoms with Crippen LogP contribution in [0, 0.1) is 0 Å². The van der Waals surface area contributed by atoms with E-state index in [1.165, 1.54) is 25.6 Å². The molecule has 2 atom stereocenters. The van der Waals surface area contributed by atoms with Gasteiger partial charge in [-0.2, -0.15) is 0 Å². The maximum Gasteiger partial charge on any atom is 0.254 e. The smallest absolute Gasteiger partial charge is 0.254 e. The molecule has 0 fully saturated rings. The van der Waals surface area contributed by atoms with E-state index < -0.39 is 12.0 Å². The van der Waals surface area contributed by atoms with Gasteiger partial charge in [0.25, 0.3) is 5.91 Å². The van der Waals surface area contributed by atoms with Gasteiger partial charge in [-0.05, 0) is 35.6 Å².